The van der Waals surface area contributed by atoms with E-state index in [-0.39, 0.29) is 41.6 Å². The predicted molar refractivity (Wildman–Crippen MR) is 45.5 cm³/mol. The molecule has 4 saturated carbocycles. The molecule has 0 aromatic heterocycles. The van der Waals surface area contributed by atoms with Gasteiger partial charge in [0.15, 0.2) is 0 Å². The monoisotopic (exact) mass is 188 g/mol. The molecule has 4 bridgehead atoms. The molecule has 13 heavy (non-hydrogen) atoms. The maximum atomic E-state index is 11.2. The van der Waals surface area contributed by atoms with Gasteiger partial charge in [-0.05, 0) is 61.7 Å². The summed E-state index contributed by atoms with van der Waals surface area (Å²) in [5.41, 5.74) is 0.286. The Morgan fingerprint density at radius 1 is 0.923 bits per heavy atom. The molecule has 0 atom stereocenters. The fourth-order valence-corrected chi connectivity index (χ4v) is 4.47. The van der Waals surface area contributed by atoms with E-state index in [1.54, 1.807) is 0 Å². The Labute approximate surface area is 103 Å². The Hall–Kier alpha value is 0.960. The summed E-state index contributed by atoms with van der Waals surface area (Å²) in [5, 5.41) is 11.2. The number of hydrogen-bond acceptors (Lipinski definition) is 1. The zero-order chi connectivity index (χ0) is 8.18. The van der Waals surface area contributed by atoms with Crippen LogP contribution < -0.4 is 34.7 Å². The topological polar surface area (TPSA) is 23.1 Å². The van der Waals surface area contributed by atoms with Gasteiger partial charge in [0, 0.05) is 0 Å². The van der Waals surface area contributed by atoms with Crippen LogP contribution in [0.2, 0.25) is 0 Å². The Bertz CT molecular complexity index is 167. The zero-order valence-corrected chi connectivity index (χ0v) is 10.6. The fourth-order valence-electron chi connectivity index (χ4n) is 4.47. The molecule has 0 aromatic rings. The second-order valence-electron chi connectivity index (χ2n) is 5.56. The van der Waals surface area contributed by atoms with E-state index in [0.717, 1.165) is 17.8 Å². The molecule has 0 heterocycles. The average molecular weight is 188 g/mol. The third kappa shape index (κ3) is 1.62. The van der Waals surface area contributed by atoms with E-state index >= 15 is 0 Å². The summed E-state index contributed by atoms with van der Waals surface area (Å²) in [6.45, 7) is 0.219. The van der Waals surface area contributed by atoms with E-state index in [2.05, 4.69) is 0 Å². The van der Waals surface area contributed by atoms with Crippen molar-refractivity contribution in [3.8, 4) is 0 Å². The molecular formula is C11H17NaO. The Kier molecular flexibility index (Phi) is 2.83. The first-order chi connectivity index (χ1) is 5.80. The summed E-state index contributed by atoms with van der Waals surface area (Å²) < 4.78 is 0. The molecule has 1 nitrogen and oxygen atoms in total. The minimum absolute atomic E-state index is 0. The summed E-state index contributed by atoms with van der Waals surface area (Å²) >= 11 is 0. The first-order valence-corrected chi connectivity index (χ1v) is 5.38. The van der Waals surface area contributed by atoms with E-state index in [9.17, 15) is 5.11 Å². The largest absolute Gasteiger partial charge is 1.00 e. The first-order valence-electron chi connectivity index (χ1n) is 5.38. The van der Waals surface area contributed by atoms with Gasteiger partial charge in [0.1, 0.15) is 0 Å². The molecule has 68 valence electrons. The Morgan fingerprint density at radius 3 is 1.62 bits per heavy atom. The van der Waals surface area contributed by atoms with Gasteiger partial charge in [0.25, 0.3) is 0 Å². The van der Waals surface area contributed by atoms with Crippen molar-refractivity contribution in [3.05, 3.63) is 0 Å². The molecule has 0 spiro atoms. The van der Waals surface area contributed by atoms with Crippen molar-refractivity contribution in [2.75, 3.05) is 6.61 Å². The van der Waals surface area contributed by atoms with Gasteiger partial charge in [-0.25, -0.2) is 0 Å². The van der Waals surface area contributed by atoms with Crippen LogP contribution in [0.15, 0.2) is 0 Å². The molecule has 0 saturated heterocycles. The van der Waals surface area contributed by atoms with Crippen LogP contribution in [0.25, 0.3) is 0 Å². The van der Waals surface area contributed by atoms with Crippen molar-refractivity contribution < 1.29 is 34.7 Å². The van der Waals surface area contributed by atoms with Crippen molar-refractivity contribution in [1.82, 2.24) is 0 Å². The van der Waals surface area contributed by atoms with E-state index in [4.69, 9.17) is 0 Å². The van der Waals surface area contributed by atoms with Crippen LogP contribution in [-0.4, -0.2) is 6.61 Å². The second-order valence-corrected chi connectivity index (χ2v) is 5.56. The van der Waals surface area contributed by atoms with Gasteiger partial charge in [-0.1, -0.05) is 0 Å². The van der Waals surface area contributed by atoms with Crippen LogP contribution in [0, 0.1) is 23.2 Å². The predicted octanol–water partition coefficient (Wildman–Crippen LogP) is -1.43. The molecule has 2 heteroatoms. The Balaban J connectivity index is 0.000000653. The summed E-state index contributed by atoms with van der Waals surface area (Å²) in [6.07, 6.45) is 8.21. The molecule has 4 rings (SSSR count). The molecule has 0 aromatic carbocycles. The molecule has 0 N–H and O–H groups in total. The Morgan fingerprint density at radius 2 is 1.31 bits per heavy atom. The van der Waals surface area contributed by atoms with Gasteiger partial charge in [0.2, 0.25) is 0 Å². The van der Waals surface area contributed by atoms with E-state index in [1.807, 2.05) is 0 Å². The quantitative estimate of drug-likeness (QED) is 0.463. The fraction of sp³-hybridized carbons (Fsp3) is 1.00. The van der Waals surface area contributed by atoms with Gasteiger partial charge in [-0.2, -0.15) is 0 Å². The molecule has 0 unspecified atom stereocenters. The van der Waals surface area contributed by atoms with Crippen molar-refractivity contribution in [1.29, 1.82) is 0 Å². The second kappa shape index (κ2) is 3.52. The third-order valence-electron chi connectivity index (χ3n) is 4.47. The zero-order valence-electron chi connectivity index (χ0n) is 8.59. The van der Waals surface area contributed by atoms with Gasteiger partial charge in [-0.3, -0.25) is 0 Å². The van der Waals surface area contributed by atoms with Gasteiger partial charge < -0.3 is 5.11 Å². The van der Waals surface area contributed by atoms with Crippen LogP contribution in [0.3, 0.4) is 0 Å². The molecule has 0 radical (unpaired) electrons. The normalized spacial score (nSPS) is 51.9. The molecule has 0 aliphatic heterocycles. The molecule has 4 aliphatic carbocycles. The minimum atomic E-state index is 0. The van der Waals surface area contributed by atoms with Crippen molar-refractivity contribution in [2.45, 2.75) is 38.5 Å². The van der Waals surface area contributed by atoms with Gasteiger partial charge in [0.05, 0.1) is 0 Å². The van der Waals surface area contributed by atoms with Gasteiger partial charge >= 0.3 is 29.6 Å². The van der Waals surface area contributed by atoms with Crippen LogP contribution in [-0.2, 0) is 0 Å². The summed E-state index contributed by atoms with van der Waals surface area (Å²) in [7, 11) is 0. The number of hydrogen-bond donors (Lipinski definition) is 0. The third-order valence-corrected chi connectivity index (χ3v) is 4.47. The van der Waals surface area contributed by atoms with E-state index < -0.39 is 0 Å². The number of rotatable bonds is 1. The molecule has 4 aliphatic rings. The SMILES string of the molecule is [Na+].[O-]CC12CC3CC(CC(C3)C1)C2. The van der Waals surface area contributed by atoms with Gasteiger partial charge in [-0.15, -0.1) is 6.61 Å². The van der Waals surface area contributed by atoms with E-state index in [1.165, 1.54) is 38.5 Å². The van der Waals surface area contributed by atoms with Crippen molar-refractivity contribution in [2.24, 2.45) is 23.2 Å². The maximum Gasteiger partial charge on any atom is 1.00 e. The first kappa shape index (κ1) is 10.5. The summed E-state index contributed by atoms with van der Waals surface area (Å²) in [4.78, 5) is 0. The molecule has 4 fully saturated rings. The van der Waals surface area contributed by atoms with Crippen molar-refractivity contribution >= 4 is 0 Å². The molecular weight excluding hydrogens is 171 g/mol. The van der Waals surface area contributed by atoms with Crippen molar-refractivity contribution in [3.63, 3.8) is 0 Å². The van der Waals surface area contributed by atoms with Crippen LogP contribution in [0.5, 0.6) is 0 Å². The standard InChI is InChI=1S/C11H17O.Na/c12-7-11-4-8-1-9(5-11)3-10(2-8)6-11;/h8-10H,1-7H2;/q-1;+1. The van der Waals surface area contributed by atoms with Crippen LogP contribution in [0.4, 0.5) is 0 Å². The minimum Gasteiger partial charge on any atom is -0.854 e. The summed E-state index contributed by atoms with van der Waals surface area (Å²) in [5.74, 6) is 2.85. The average Bonchev–Trinajstić information content (AvgIpc) is 2.02. The molecule has 0 amide bonds. The maximum absolute atomic E-state index is 11.2. The smallest absolute Gasteiger partial charge is 0.854 e. The summed E-state index contributed by atoms with van der Waals surface area (Å²) in [6, 6.07) is 0. The van der Waals surface area contributed by atoms with E-state index in [0.29, 0.717) is 0 Å². The van der Waals surface area contributed by atoms with Crippen LogP contribution in [0.1, 0.15) is 38.5 Å². The van der Waals surface area contributed by atoms with Crippen LogP contribution >= 0.6 is 0 Å².